The highest BCUT2D eigenvalue weighted by Gasteiger charge is 2.32. The van der Waals surface area contributed by atoms with Crippen molar-refractivity contribution in [3.05, 3.63) is 72.3 Å². The Hall–Kier alpha value is -2.72. The van der Waals surface area contributed by atoms with E-state index in [1.807, 2.05) is 30.5 Å². The number of hydrogen-bond donors (Lipinski definition) is 1. The maximum Gasteiger partial charge on any atom is 0.123 e. The molecule has 4 heterocycles. The third-order valence-electron chi connectivity index (χ3n) is 5.98. The van der Waals surface area contributed by atoms with E-state index >= 15 is 0 Å². The number of fused-ring (bicyclic) bond motifs is 1. The van der Waals surface area contributed by atoms with Crippen LogP contribution in [0.15, 0.2) is 60.9 Å². The van der Waals surface area contributed by atoms with E-state index in [4.69, 9.17) is 0 Å². The first kappa shape index (κ1) is 17.4. The summed E-state index contributed by atoms with van der Waals surface area (Å²) in [5.74, 6) is 0.526. The SMILES string of the molecule is CC1CC2C=C(c3c[nH]c(-c4cccc(F)c4)c3-c3ccccn3)CCN2C1. The number of rotatable bonds is 3. The Bertz CT molecular complexity index is 1020. The minimum atomic E-state index is -0.229. The zero-order valence-corrected chi connectivity index (χ0v) is 16.0. The molecule has 2 aliphatic heterocycles. The van der Waals surface area contributed by atoms with E-state index in [1.54, 1.807) is 12.1 Å². The van der Waals surface area contributed by atoms with Gasteiger partial charge in [-0.3, -0.25) is 9.88 Å². The smallest absolute Gasteiger partial charge is 0.123 e. The molecule has 0 amide bonds. The molecule has 0 saturated carbocycles. The Morgan fingerprint density at radius 2 is 2.11 bits per heavy atom. The van der Waals surface area contributed by atoms with Gasteiger partial charge in [0.2, 0.25) is 0 Å². The van der Waals surface area contributed by atoms with Crippen molar-refractivity contribution in [2.45, 2.75) is 25.8 Å². The van der Waals surface area contributed by atoms with Gasteiger partial charge in [0.1, 0.15) is 5.82 Å². The molecule has 28 heavy (non-hydrogen) atoms. The molecular formula is C24H24FN3. The summed E-state index contributed by atoms with van der Waals surface area (Å²) in [7, 11) is 0. The van der Waals surface area contributed by atoms with E-state index in [0.29, 0.717) is 6.04 Å². The Labute approximate surface area is 164 Å². The molecular weight excluding hydrogens is 349 g/mol. The molecule has 2 unspecified atom stereocenters. The third kappa shape index (κ3) is 3.08. The van der Waals surface area contributed by atoms with Crippen molar-refractivity contribution < 1.29 is 4.39 Å². The lowest BCUT2D eigenvalue weighted by atomic mass is 9.91. The quantitative estimate of drug-likeness (QED) is 0.668. The summed E-state index contributed by atoms with van der Waals surface area (Å²) in [6.07, 6.45) is 8.59. The summed E-state index contributed by atoms with van der Waals surface area (Å²) in [4.78, 5) is 10.6. The summed E-state index contributed by atoms with van der Waals surface area (Å²) >= 11 is 0. The number of nitrogens with one attached hydrogen (secondary N) is 1. The molecule has 5 rings (SSSR count). The fraction of sp³-hybridized carbons (Fsp3) is 0.292. The number of aromatic nitrogens is 2. The number of benzene rings is 1. The summed E-state index contributed by atoms with van der Waals surface area (Å²) in [6.45, 7) is 4.63. The van der Waals surface area contributed by atoms with Crippen LogP contribution < -0.4 is 0 Å². The minimum absolute atomic E-state index is 0.229. The second kappa shape index (κ2) is 7.02. The monoisotopic (exact) mass is 373 g/mol. The van der Waals surface area contributed by atoms with Crippen LogP contribution in [0.3, 0.4) is 0 Å². The Balaban J connectivity index is 1.64. The molecule has 142 valence electrons. The molecule has 0 bridgehead atoms. The molecule has 0 radical (unpaired) electrons. The Morgan fingerprint density at radius 3 is 2.93 bits per heavy atom. The maximum atomic E-state index is 13.9. The number of nitrogens with zero attached hydrogens (tertiary/aromatic N) is 2. The van der Waals surface area contributed by atoms with Crippen LogP contribution in [-0.2, 0) is 0 Å². The normalized spacial score (nSPS) is 22.1. The van der Waals surface area contributed by atoms with Crippen LogP contribution in [0.2, 0.25) is 0 Å². The summed E-state index contributed by atoms with van der Waals surface area (Å²) in [6, 6.07) is 13.3. The summed E-state index contributed by atoms with van der Waals surface area (Å²) in [5.41, 5.74) is 6.32. The lowest BCUT2D eigenvalue weighted by molar-refractivity contribution is 0.283. The molecule has 4 heteroatoms. The number of aromatic amines is 1. The van der Waals surface area contributed by atoms with Crippen LogP contribution in [-0.4, -0.2) is 34.0 Å². The van der Waals surface area contributed by atoms with Gasteiger partial charge in [-0.25, -0.2) is 4.39 Å². The lowest BCUT2D eigenvalue weighted by Gasteiger charge is -2.28. The second-order valence-corrected chi connectivity index (χ2v) is 8.02. The zero-order valence-electron chi connectivity index (χ0n) is 16.0. The highest BCUT2D eigenvalue weighted by molar-refractivity contribution is 5.90. The van der Waals surface area contributed by atoms with Gasteiger partial charge < -0.3 is 4.98 Å². The van der Waals surface area contributed by atoms with Crippen LogP contribution in [0.1, 0.15) is 25.3 Å². The van der Waals surface area contributed by atoms with Gasteiger partial charge in [0.25, 0.3) is 0 Å². The van der Waals surface area contributed by atoms with Crippen molar-refractivity contribution in [2.75, 3.05) is 13.1 Å². The molecule has 1 saturated heterocycles. The number of pyridine rings is 1. The van der Waals surface area contributed by atoms with Crippen LogP contribution in [0.4, 0.5) is 4.39 Å². The molecule has 1 N–H and O–H groups in total. The van der Waals surface area contributed by atoms with Gasteiger partial charge >= 0.3 is 0 Å². The predicted molar refractivity (Wildman–Crippen MR) is 111 cm³/mol. The van der Waals surface area contributed by atoms with E-state index in [-0.39, 0.29) is 5.82 Å². The van der Waals surface area contributed by atoms with Crippen LogP contribution >= 0.6 is 0 Å². The van der Waals surface area contributed by atoms with Gasteiger partial charge in [-0.2, -0.15) is 0 Å². The van der Waals surface area contributed by atoms with Crippen molar-refractivity contribution in [1.82, 2.24) is 14.9 Å². The number of H-pyrrole nitrogens is 1. The first-order chi connectivity index (χ1) is 13.7. The van der Waals surface area contributed by atoms with Gasteiger partial charge in [-0.05, 0) is 48.6 Å². The highest BCUT2D eigenvalue weighted by Crippen LogP contribution is 2.40. The molecule has 0 spiro atoms. The van der Waals surface area contributed by atoms with Gasteiger partial charge in [-0.15, -0.1) is 0 Å². The van der Waals surface area contributed by atoms with E-state index in [2.05, 4.69) is 34.1 Å². The van der Waals surface area contributed by atoms with Crippen molar-refractivity contribution in [1.29, 1.82) is 0 Å². The van der Waals surface area contributed by atoms with Crippen molar-refractivity contribution >= 4 is 5.57 Å². The fourth-order valence-corrected chi connectivity index (χ4v) is 4.73. The minimum Gasteiger partial charge on any atom is -0.360 e. The first-order valence-electron chi connectivity index (χ1n) is 10.0. The molecule has 2 aromatic heterocycles. The largest absolute Gasteiger partial charge is 0.360 e. The number of halogens is 1. The molecule has 3 aromatic rings. The summed E-state index contributed by atoms with van der Waals surface area (Å²) in [5, 5.41) is 0. The van der Waals surface area contributed by atoms with Crippen molar-refractivity contribution in [3.63, 3.8) is 0 Å². The number of hydrogen-bond acceptors (Lipinski definition) is 2. The second-order valence-electron chi connectivity index (χ2n) is 8.02. The van der Waals surface area contributed by atoms with Crippen molar-refractivity contribution in [3.8, 4) is 22.5 Å². The predicted octanol–water partition coefficient (Wildman–Crippen LogP) is 5.38. The first-order valence-corrected chi connectivity index (χ1v) is 10.0. The van der Waals surface area contributed by atoms with E-state index in [1.165, 1.54) is 30.2 Å². The zero-order chi connectivity index (χ0) is 19.1. The average Bonchev–Trinajstić information content (AvgIpc) is 3.30. The van der Waals surface area contributed by atoms with Gasteiger partial charge in [0.15, 0.2) is 0 Å². The molecule has 2 aliphatic rings. The Kier molecular flexibility index (Phi) is 4.36. The topological polar surface area (TPSA) is 31.9 Å². The van der Waals surface area contributed by atoms with Crippen LogP contribution in [0, 0.1) is 11.7 Å². The lowest BCUT2D eigenvalue weighted by Crippen LogP contribution is -2.32. The highest BCUT2D eigenvalue weighted by atomic mass is 19.1. The van der Waals surface area contributed by atoms with E-state index < -0.39 is 0 Å². The van der Waals surface area contributed by atoms with Crippen LogP contribution in [0.5, 0.6) is 0 Å². The van der Waals surface area contributed by atoms with Crippen LogP contribution in [0.25, 0.3) is 28.1 Å². The average molecular weight is 373 g/mol. The van der Waals surface area contributed by atoms with Crippen molar-refractivity contribution in [2.24, 2.45) is 5.92 Å². The third-order valence-corrected chi connectivity index (χ3v) is 5.98. The van der Waals surface area contributed by atoms with Gasteiger partial charge in [0, 0.05) is 48.2 Å². The molecule has 2 atom stereocenters. The van der Waals surface area contributed by atoms with E-state index in [9.17, 15) is 4.39 Å². The molecule has 0 aliphatic carbocycles. The van der Waals surface area contributed by atoms with Gasteiger partial charge in [-0.1, -0.05) is 31.2 Å². The molecule has 1 aromatic carbocycles. The fourth-order valence-electron chi connectivity index (χ4n) is 4.73. The van der Waals surface area contributed by atoms with E-state index in [0.717, 1.165) is 41.4 Å². The molecule has 1 fully saturated rings. The Morgan fingerprint density at radius 1 is 1.18 bits per heavy atom. The standard InChI is InChI=1S/C24H24FN3/c1-16-11-20-13-17(8-10-28(20)15-16)21-14-27-24(18-5-4-6-19(25)12-18)23(21)22-7-2-3-9-26-22/h2-7,9,12-14,16,20,27H,8,10-11,15H2,1H3. The maximum absolute atomic E-state index is 13.9. The van der Waals surface area contributed by atoms with Gasteiger partial charge in [0.05, 0.1) is 11.4 Å². The summed E-state index contributed by atoms with van der Waals surface area (Å²) < 4.78 is 13.9. The molecule has 3 nitrogen and oxygen atoms in total.